The number of halogens is 1. The summed E-state index contributed by atoms with van der Waals surface area (Å²) in [5, 5.41) is 18.8. The fourth-order valence-corrected chi connectivity index (χ4v) is 1.39. The molecule has 66 valence electrons. The lowest BCUT2D eigenvalue weighted by atomic mass is 10.1. The van der Waals surface area contributed by atoms with Crippen molar-refractivity contribution in [2.75, 3.05) is 0 Å². The molecule has 0 amide bonds. The van der Waals surface area contributed by atoms with Crippen LogP contribution < -0.4 is 0 Å². The molecule has 0 heterocycles. The molecule has 4 nitrogen and oxygen atoms in total. The molecule has 0 saturated heterocycles. The van der Waals surface area contributed by atoms with E-state index in [1.165, 1.54) is 12.1 Å². The molecule has 0 radical (unpaired) electrons. The van der Waals surface area contributed by atoms with Crippen molar-refractivity contribution in [3.63, 3.8) is 0 Å². The van der Waals surface area contributed by atoms with E-state index in [1.54, 1.807) is 6.07 Å². The highest BCUT2D eigenvalue weighted by molar-refractivity contribution is 9.10. The van der Waals surface area contributed by atoms with Gasteiger partial charge >= 0.3 is 0 Å². The van der Waals surface area contributed by atoms with Crippen molar-refractivity contribution in [2.24, 2.45) is 0 Å². The zero-order valence-electron chi connectivity index (χ0n) is 6.53. The molecule has 1 aromatic carbocycles. The normalized spacial score (nSPS) is 9.23. The van der Waals surface area contributed by atoms with Crippen molar-refractivity contribution >= 4 is 21.6 Å². The quantitative estimate of drug-likeness (QED) is 0.589. The summed E-state index contributed by atoms with van der Waals surface area (Å²) < 4.78 is 0.600. The summed E-state index contributed by atoms with van der Waals surface area (Å²) in [6.07, 6.45) is 0.249. The molecular formula is C8H5BrN2O2. The maximum Gasteiger partial charge on any atom is 0.270 e. The van der Waals surface area contributed by atoms with E-state index in [-0.39, 0.29) is 12.1 Å². The summed E-state index contributed by atoms with van der Waals surface area (Å²) in [6.45, 7) is 0. The molecule has 5 heteroatoms. The lowest BCUT2D eigenvalue weighted by Crippen LogP contribution is -1.90. The molecule has 0 fully saturated rings. The van der Waals surface area contributed by atoms with Crippen LogP contribution in [0.5, 0.6) is 0 Å². The molecule has 13 heavy (non-hydrogen) atoms. The fraction of sp³-hybridized carbons (Fsp3) is 0.125. The number of nitrogens with zero attached hydrogens (tertiary/aromatic N) is 2. The molecule has 0 bridgehead atoms. The number of non-ortho nitro benzene ring substituents is 1. The van der Waals surface area contributed by atoms with Crippen LogP contribution in [0.4, 0.5) is 5.69 Å². The third-order valence-electron chi connectivity index (χ3n) is 1.52. The maximum absolute atomic E-state index is 10.3. The van der Waals surface area contributed by atoms with E-state index >= 15 is 0 Å². The van der Waals surface area contributed by atoms with Crippen LogP contribution in [0.15, 0.2) is 22.7 Å². The first-order valence-corrected chi connectivity index (χ1v) is 4.24. The van der Waals surface area contributed by atoms with Crippen molar-refractivity contribution in [3.8, 4) is 6.07 Å². The Morgan fingerprint density at radius 2 is 2.31 bits per heavy atom. The van der Waals surface area contributed by atoms with Crippen LogP contribution >= 0.6 is 15.9 Å². The second-order valence-electron chi connectivity index (χ2n) is 2.37. The number of hydrogen-bond acceptors (Lipinski definition) is 3. The van der Waals surface area contributed by atoms with E-state index in [0.29, 0.717) is 4.47 Å². The Morgan fingerprint density at radius 3 is 2.77 bits per heavy atom. The smallest absolute Gasteiger partial charge is 0.258 e. The molecule has 0 aliphatic carbocycles. The van der Waals surface area contributed by atoms with E-state index in [0.717, 1.165) is 5.56 Å². The summed E-state index contributed by atoms with van der Waals surface area (Å²) in [4.78, 5) is 9.87. The van der Waals surface area contributed by atoms with Crippen LogP contribution in [0, 0.1) is 21.4 Å². The van der Waals surface area contributed by atoms with Crippen molar-refractivity contribution < 1.29 is 4.92 Å². The van der Waals surface area contributed by atoms with E-state index < -0.39 is 4.92 Å². The van der Waals surface area contributed by atoms with Crippen molar-refractivity contribution in [2.45, 2.75) is 6.42 Å². The molecule has 1 rings (SSSR count). The minimum absolute atomic E-state index is 0.0218. The van der Waals surface area contributed by atoms with Gasteiger partial charge in [0, 0.05) is 16.6 Å². The highest BCUT2D eigenvalue weighted by Crippen LogP contribution is 2.22. The Kier molecular flexibility index (Phi) is 2.98. The summed E-state index contributed by atoms with van der Waals surface area (Å²) in [6, 6.07) is 6.33. The van der Waals surface area contributed by atoms with Gasteiger partial charge in [-0.15, -0.1) is 0 Å². The van der Waals surface area contributed by atoms with E-state index in [4.69, 9.17) is 5.26 Å². The van der Waals surface area contributed by atoms with Crippen molar-refractivity contribution in [1.29, 1.82) is 5.26 Å². The molecule has 0 N–H and O–H groups in total. The maximum atomic E-state index is 10.3. The van der Waals surface area contributed by atoms with Crippen LogP contribution in [0.25, 0.3) is 0 Å². The van der Waals surface area contributed by atoms with Crippen LogP contribution in [-0.2, 0) is 6.42 Å². The molecule has 0 aliphatic rings. The van der Waals surface area contributed by atoms with Gasteiger partial charge in [0.2, 0.25) is 0 Å². The zero-order chi connectivity index (χ0) is 9.84. The summed E-state index contributed by atoms with van der Waals surface area (Å²) in [5.74, 6) is 0. The van der Waals surface area contributed by atoms with Gasteiger partial charge in [0.05, 0.1) is 17.4 Å². The first-order valence-electron chi connectivity index (χ1n) is 3.45. The SMILES string of the molecule is N#CCc1ccc([N+](=O)[O-])cc1Br. The Bertz CT molecular complexity index is 384. The number of nitro groups is 1. The second-order valence-corrected chi connectivity index (χ2v) is 3.22. The summed E-state index contributed by atoms with van der Waals surface area (Å²) in [5.41, 5.74) is 0.779. The third-order valence-corrected chi connectivity index (χ3v) is 2.26. The predicted octanol–water partition coefficient (Wildman–Crippen LogP) is 2.42. The third kappa shape index (κ3) is 2.26. The zero-order valence-corrected chi connectivity index (χ0v) is 8.11. The van der Waals surface area contributed by atoms with Crippen LogP contribution in [0.1, 0.15) is 5.56 Å². The van der Waals surface area contributed by atoms with Gasteiger partial charge in [-0.25, -0.2) is 0 Å². The average Bonchev–Trinajstić information content (AvgIpc) is 2.08. The molecule has 0 saturated carbocycles. The van der Waals surface area contributed by atoms with Crippen molar-refractivity contribution in [1.82, 2.24) is 0 Å². The number of benzene rings is 1. The Balaban J connectivity index is 3.07. The minimum atomic E-state index is -0.471. The van der Waals surface area contributed by atoms with Gasteiger partial charge in [-0.05, 0) is 5.56 Å². The topological polar surface area (TPSA) is 66.9 Å². The number of nitriles is 1. The number of nitro benzene ring substituents is 1. The Hall–Kier alpha value is -1.41. The minimum Gasteiger partial charge on any atom is -0.258 e. The largest absolute Gasteiger partial charge is 0.270 e. The summed E-state index contributed by atoms with van der Waals surface area (Å²) in [7, 11) is 0. The van der Waals surface area contributed by atoms with E-state index in [2.05, 4.69) is 15.9 Å². The van der Waals surface area contributed by atoms with Gasteiger partial charge in [0.1, 0.15) is 0 Å². The molecule has 0 aliphatic heterocycles. The monoisotopic (exact) mass is 240 g/mol. The molecule has 0 aromatic heterocycles. The van der Waals surface area contributed by atoms with E-state index in [9.17, 15) is 10.1 Å². The van der Waals surface area contributed by atoms with Gasteiger partial charge in [-0.3, -0.25) is 10.1 Å². The Morgan fingerprint density at radius 1 is 1.62 bits per heavy atom. The van der Waals surface area contributed by atoms with Gasteiger partial charge < -0.3 is 0 Å². The van der Waals surface area contributed by atoms with Gasteiger partial charge in [0.25, 0.3) is 5.69 Å². The second kappa shape index (κ2) is 4.01. The molecular weight excluding hydrogens is 236 g/mol. The Labute approximate surface area is 83.1 Å². The van der Waals surface area contributed by atoms with Gasteiger partial charge in [-0.2, -0.15) is 5.26 Å². The standard InChI is InChI=1S/C8H5BrN2O2/c9-8-5-7(11(12)13)2-1-6(8)3-4-10/h1-2,5H,3H2. The molecule has 0 spiro atoms. The van der Waals surface area contributed by atoms with Crippen LogP contribution in [0.2, 0.25) is 0 Å². The fourth-order valence-electron chi connectivity index (χ4n) is 0.878. The lowest BCUT2D eigenvalue weighted by Gasteiger charge is -1.98. The molecule has 0 atom stereocenters. The van der Waals surface area contributed by atoms with Crippen LogP contribution in [-0.4, -0.2) is 4.92 Å². The highest BCUT2D eigenvalue weighted by Gasteiger charge is 2.08. The first-order chi connectivity index (χ1) is 6.15. The first kappa shape index (κ1) is 9.68. The average molecular weight is 241 g/mol. The number of rotatable bonds is 2. The predicted molar refractivity (Wildman–Crippen MR) is 50.1 cm³/mol. The highest BCUT2D eigenvalue weighted by atomic mass is 79.9. The molecule has 0 unspecified atom stereocenters. The van der Waals surface area contributed by atoms with Crippen molar-refractivity contribution in [3.05, 3.63) is 38.3 Å². The van der Waals surface area contributed by atoms with Gasteiger partial charge in [-0.1, -0.05) is 22.0 Å². The molecule has 1 aromatic rings. The lowest BCUT2D eigenvalue weighted by molar-refractivity contribution is -0.384. The number of hydrogen-bond donors (Lipinski definition) is 0. The van der Waals surface area contributed by atoms with Gasteiger partial charge in [0.15, 0.2) is 0 Å². The summed E-state index contributed by atoms with van der Waals surface area (Å²) >= 11 is 3.16. The van der Waals surface area contributed by atoms with Crippen LogP contribution in [0.3, 0.4) is 0 Å². The van der Waals surface area contributed by atoms with E-state index in [1.807, 2.05) is 6.07 Å².